The van der Waals surface area contributed by atoms with Crippen LogP contribution in [0.5, 0.6) is 5.75 Å². The highest BCUT2D eigenvalue weighted by molar-refractivity contribution is 8.15. The standard InChI is InChI=1S/C19H19N5OS/c1-2-25-16-10-8-15(9-11-16)19-20-12-17(26-19)13-24-22-18(21-23-24)14-6-4-3-5-7-14/h3-11,17H,2,12-13H2,1H3. The number of hydrogen-bond acceptors (Lipinski definition) is 6. The van der Waals surface area contributed by atoms with Crippen molar-refractivity contribution in [3.8, 4) is 17.1 Å². The summed E-state index contributed by atoms with van der Waals surface area (Å²) in [6, 6.07) is 18.0. The normalized spacial score (nSPS) is 16.5. The molecule has 0 spiro atoms. The monoisotopic (exact) mass is 365 g/mol. The highest BCUT2D eigenvalue weighted by Crippen LogP contribution is 2.27. The lowest BCUT2D eigenvalue weighted by Crippen LogP contribution is -2.16. The molecule has 2 heterocycles. The molecule has 0 bridgehead atoms. The van der Waals surface area contributed by atoms with Crippen LogP contribution in [0.1, 0.15) is 12.5 Å². The third-order valence-corrected chi connectivity index (χ3v) is 5.20. The lowest BCUT2D eigenvalue weighted by molar-refractivity contribution is 0.340. The average Bonchev–Trinajstić information content (AvgIpc) is 3.34. The van der Waals surface area contributed by atoms with Crippen LogP contribution in [-0.2, 0) is 6.54 Å². The smallest absolute Gasteiger partial charge is 0.204 e. The quantitative estimate of drug-likeness (QED) is 0.671. The number of thioether (sulfide) groups is 1. The first-order valence-electron chi connectivity index (χ1n) is 8.59. The Hall–Kier alpha value is -2.67. The molecule has 0 aliphatic carbocycles. The number of aliphatic imine (C=N–C) groups is 1. The fourth-order valence-corrected chi connectivity index (χ4v) is 3.83. The molecule has 0 fully saturated rings. The van der Waals surface area contributed by atoms with Crippen LogP contribution in [-0.4, -0.2) is 43.7 Å². The van der Waals surface area contributed by atoms with Gasteiger partial charge in [-0.2, -0.15) is 4.80 Å². The third-order valence-electron chi connectivity index (χ3n) is 3.98. The first-order chi connectivity index (χ1) is 12.8. The van der Waals surface area contributed by atoms with Crippen molar-refractivity contribution in [2.24, 2.45) is 4.99 Å². The molecule has 26 heavy (non-hydrogen) atoms. The molecule has 0 N–H and O–H groups in total. The molecule has 1 aliphatic rings. The zero-order chi connectivity index (χ0) is 17.8. The van der Waals surface area contributed by atoms with Crippen LogP contribution in [0.4, 0.5) is 0 Å². The van der Waals surface area contributed by atoms with Crippen molar-refractivity contribution in [1.82, 2.24) is 20.2 Å². The number of ether oxygens (including phenoxy) is 1. The minimum absolute atomic E-state index is 0.314. The molecular formula is C19H19N5OS. The highest BCUT2D eigenvalue weighted by Gasteiger charge is 2.22. The van der Waals surface area contributed by atoms with E-state index in [1.807, 2.05) is 49.4 Å². The Balaban J connectivity index is 1.37. The minimum atomic E-state index is 0.314. The molecular weight excluding hydrogens is 346 g/mol. The Morgan fingerprint density at radius 1 is 1.08 bits per heavy atom. The maximum atomic E-state index is 5.49. The van der Waals surface area contributed by atoms with Crippen molar-refractivity contribution < 1.29 is 4.74 Å². The second kappa shape index (κ2) is 7.70. The predicted octanol–water partition coefficient (Wildman–Crippen LogP) is 3.30. The predicted molar refractivity (Wildman–Crippen MR) is 104 cm³/mol. The Bertz CT molecular complexity index is 892. The van der Waals surface area contributed by atoms with Crippen molar-refractivity contribution in [2.75, 3.05) is 13.2 Å². The van der Waals surface area contributed by atoms with Crippen molar-refractivity contribution in [2.45, 2.75) is 18.7 Å². The van der Waals surface area contributed by atoms with Crippen molar-refractivity contribution in [1.29, 1.82) is 0 Å². The van der Waals surface area contributed by atoms with E-state index in [0.717, 1.165) is 28.5 Å². The summed E-state index contributed by atoms with van der Waals surface area (Å²) in [6.07, 6.45) is 0. The number of benzene rings is 2. The van der Waals surface area contributed by atoms with Gasteiger partial charge in [0.05, 0.1) is 30.0 Å². The Morgan fingerprint density at radius 2 is 1.88 bits per heavy atom. The summed E-state index contributed by atoms with van der Waals surface area (Å²) >= 11 is 1.76. The summed E-state index contributed by atoms with van der Waals surface area (Å²) in [5.74, 6) is 1.54. The number of aromatic nitrogens is 4. The van der Waals surface area contributed by atoms with E-state index in [-0.39, 0.29) is 0 Å². The van der Waals surface area contributed by atoms with Gasteiger partial charge in [-0.1, -0.05) is 42.1 Å². The van der Waals surface area contributed by atoms with Crippen LogP contribution >= 0.6 is 11.8 Å². The van der Waals surface area contributed by atoms with Gasteiger partial charge < -0.3 is 4.74 Å². The number of hydrogen-bond donors (Lipinski definition) is 0. The maximum Gasteiger partial charge on any atom is 0.204 e. The largest absolute Gasteiger partial charge is 0.494 e. The zero-order valence-electron chi connectivity index (χ0n) is 14.4. The molecule has 1 aromatic heterocycles. The molecule has 0 radical (unpaired) electrons. The van der Waals surface area contributed by atoms with Gasteiger partial charge >= 0.3 is 0 Å². The van der Waals surface area contributed by atoms with E-state index in [2.05, 4.69) is 32.5 Å². The molecule has 132 valence electrons. The molecule has 0 saturated carbocycles. The van der Waals surface area contributed by atoms with Crippen molar-refractivity contribution in [3.63, 3.8) is 0 Å². The van der Waals surface area contributed by atoms with Gasteiger partial charge in [-0.15, -0.1) is 10.2 Å². The van der Waals surface area contributed by atoms with Gasteiger partial charge in [0.15, 0.2) is 0 Å². The molecule has 1 atom stereocenters. The van der Waals surface area contributed by atoms with Crippen LogP contribution < -0.4 is 4.74 Å². The lowest BCUT2D eigenvalue weighted by atomic mass is 10.2. The lowest BCUT2D eigenvalue weighted by Gasteiger charge is -2.07. The van der Waals surface area contributed by atoms with Crippen LogP contribution in [0, 0.1) is 0 Å². The van der Waals surface area contributed by atoms with Crippen molar-refractivity contribution in [3.05, 3.63) is 60.2 Å². The first-order valence-corrected chi connectivity index (χ1v) is 9.47. The maximum absolute atomic E-state index is 5.49. The summed E-state index contributed by atoms with van der Waals surface area (Å²) in [5.41, 5.74) is 2.10. The molecule has 6 nitrogen and oxygen atoms in total. The van der Waals surface area contributed by atoms with E-state index in [9.17, 15) is 0 Å². The van der Waals surface area contributed by atoms with Gasteiger partial charge in [-0.05, 0) is 36.4 Å². The summed E-state index contributed by atoms with van der Waals surface area (Å²) < 4.78 is 5.49. The van der Waals surface area contributed by atoms with Crippen LogP contribution in [0.15, 0.2) is 59.6 Å². The Morgan fingerprint density at radius 3 is 2.65 bits per heavy atom. The average molecular weight is 365 g/mol. The van der Waals surface area contributed by atoms with E-state index in [0.29, 0.717) is 24.2 Å². The van der Waals surface area contributed by atoms with E-state index in [4.69, 9.17) is 4.74 Å². The SMILES string of the molecule is CCOc1ccc(C2=NCC(Cn3nnc(-c4ccccc4)n3)S2)cc1. The van der Waals surface area contributed by atoms with E-state index < -0.39 is 0 Å². The second-order valence-electron chi connectivity index (χ2n) is 5.88. The fraction of sp³-hybridized carbons (Fsp3) is 0.263. The van der Waals surface area contributed by atoms with Crippen LogP contribution in [0.25, 0.3) is 11.4 Å². The fourth-order valence-electron chi connectivity index (χ4n) is 2.74. The molecule has 3 aromatic rings. The number of tetrazole rings is 1. The molecule has 1 aliphatic heterocycles. The number of nitrogens with zero attached hydrogens (tertiary/aromatic N) is 5. The first kappa shape index (κ1) is 16.8. The molecule has 0 saturated heterocycles. The van der Waals surface area contributed by atoms with Gasteiger partial charge in [-0.3, -0.25) is 4.99 Å². The van der Waals surface area contributed by atoms with E-state index in [1.165, 1.54) is 0 Å². The van der Waals surface area contributed by atoms with Gasteiger partial charge in [0.25, 0.3) is 0 Å². The molecule has 1 unspecified atom stereocenters. The highest BCUT2D eigenvalue weighted by atomic mass is 32.2. The second-order valence-corrected chi connectivity index (χ2v) is 7.17. The summed E-state index contributed by atoms with van der Waals surface area (Å²) in [5, 5.41) is 14.2. The van der Waals surface area contributed by atoms with Crippen molar-refractivity contribution >= 4 is 16.8 Å². The molecule has 4 rings (SSSR count). The van der Waals surface area contributed by atoms with E-state index in [1.54, 1.807) is 16.6 Å². The Kier molecular flexibility index (Phi) is 4.97. The summed E-state index contributed by atoms with van der Waals surface area (Å²) in [6.45, 7) is 4.10. The topological polar surface area (TPSA) is 65.2 Å². The third kappa shape index (κ3) is 3.77. The zero-order valence-corrected chi connectivity index (χ0v) is 15.3. The van der Waals surface area contributed by atoms with Gasteiger partial charge in [0.2, 0.25) is 5.82 Å². The van der Waals surface area contributed by atoms with Gasteiger partial charge in [0.1, 0.15) is 5.75 Å². The summed E-state index contributed by atoms with van der Waals surface area (Å²) in [4.78, 5) is 6.34. The van der Waals surface area contributed by atoms with Crippen LogP contribution in [0.3, 0.4) is 0 Å². The van der Waals surface area contributed by atoms with E-state index >= 15 is 0 Å². The minimum Gasteiger partial charge on any atom is -0.494 e. The molecule has 7 heteroatoms. The Labute approximate surface area is 156 Å². The van der Waals surface area contributed by atoms with Gasteiger partial charge in [0, 0.05) is 11.1 Å². The molecule has 0 amide bonds. The van der Waals surface area contributed by atoms with Gasteiger partial charge in [-0.25, -0.2) is 0 Å². The molecule has 2 aromatic carbocycles. The summed E-state index contributed by atoms with van der Waals surface area (Å²) in [7, 11) is 0. The van der Waals surface area contributed by atoms with Crippen LogP contribution in [0.2, 0.25) is 0 Å². The number of rotatable bonds is 6.